The number of hydrogen-bond acceptors (Lipinski definition) is 3. The van der Waals surface area contributed by atoms with E-state index < -0.39 is 0 Å². The minimum absolute atomic E-state index is 0. The highest BCUT2D eigenvalue weighted by Crippen LogP contribution is 2.21. The van der Waals surface area contributed by atoms with Gasteiger partial charge >= 0.3 is 0 Å². The smallest absolute Gasteiger partial charge is 0.191 e. The molecule has 2 atom stereocenters. The highest BCUT2D eigenvalue weighted by Gasteiger charge is 2.31. The van der Waals surface area contributed by atoms with Crippen LogP contribution in [0.25, 0.3) is 0 Å². The Morgan fingerprint density at radius 1 is 1.31 bits per heavy atom. The second-order valence-corrected chi connectivity index (χ2v) is 7.73. The predicted molar refractivity (Wildman–Crippen MR) is 124 cm³/mol. The van der Waals surface area contributed by atoms with E-state index in [-0.39, 0.29) is 24.0 Å². The maximum absolute atomic E-state index is 4.43. The number of aliphatic imine (C=N–C) groups is 1. The Labute approximate surface area is 176 Å². The van der Waals surface area contributed by atoms with Gasteiger partial charge in [-0.15, -0.1) is 24.0 Å². The molecule has 0 amide bonds. The van der Waals surface area contributed by atoms with Crippen molar-refractivity contribution in [3.05, 3.63) is 29.3 Å². The van der Waals surface area contributed by atoms with Gasteiger partial charge in [0.15, 0.2) is 5.96 Å². The van der Waals surface area contributed by atoms with Crippen molar-refractivity contribution in [2.24, 2.45) is 10.9 Å². The molecule has 1 aliphatic rings. The minimum Gasteiger partial charge on any atom is -0.377 e. The molecule has 26 heavy (non-hydrogen) atoms. The predicted octanol–water partition coefficient (Wildman–Crippen LogP) is 3.07. The van der Waals surface area contributed by atoms with Crippen molar-refractivity contribution in [2.45, 2.75) is 46.3 Å². The standard InChI is InChI=1S/C20H35N5.HI/c1-14(2)25-12-16(4)18(13-25)23-20(21-5)22-11-17-9-8-15(3)10-19(17)24(6)7;/h8-10,14,16,18H,11-13H2,1-7H3,(H2,21,22,23);1H. The molecule has 1 heterocycles. The summed E-state index contributed by atoms with van der Waals surface area (Å²) in [4.78, 5) is 9.12. The van der Waals surface area contributed by atoms with Crippen LogP contribution in [0.1, 0.15) is 31.9 Å². The molecule has 2 rings (SSSR count). The maximum atomic E-state index is 4.43. The largest absolute Gasteiger partial charge is 0.377 e. The van der Waals surface area contributed by atoms with Crippen LogP contribution in [0.3, 0.4) is 0 Å². The SMILES string of the molecule is CN=C(NCc1ccc(C)cc1N(C)C)NC1CN(C(C)C)CC1C.I. The van der Waals surface area contributed by atoms with E-state index in [0.717, 1.165) is 25.6 Å². The Hall–Kier alpha value is -1.02. The number of aryl methyl sites for hydroxylation is 1. The van der Waals surface area contributed by atoms with Gasteiger partial charge in [0, 0.05) is 58.5 Å². The average Bonchev–Trinajstić information content (AvgIpc) is 2.93. The molecule has 1 fully saturated rings. The first-order chi connectivity index (χ1) is 11.8. The highest BCUT2D eigenvalue weighted by molar-refractivity contribution is 14.0. The van der Waals surface area contributed by atoms with Gasteiger partial charge in [0.05, 0.1) is 0 Å². The van der Waals surface area contributed by atoms with Crippen molar-refractivity contribution in [1.82, 2.24) is 15.5 Å². The first-order valence-corrected chi connectivity index (χ1v) is 9.30. The molecule has 0 radical (unpaired) electrons. The summed E-state index contributed by atoms with van der Waals surface area (Å²) < 4.78 is 0. The van der Waals surface area contributed by atoms with Gasteiger partial charge < -0.3 is 15.5 Å². The van der Waals surface area contributed by atoms with Gasteiger partial charge in [-0.3, -0.25) is 9.89 Å². The summed E-state index contributed by atoms with van der Waals surface area (Å²) in [5.41, 5.74) is 3.81. The molecule has 0 bridgehead atoms. The maximum Gasteiger partial charge on any atom is 0.191 e. The summed E-state index contributed by atoms with van der Waals surface area (Å²) in [7, 11) is 6.02. The van der Waals surface area contributed by atoms with Gasteiger partial charge in [0.25, 0.3) is 0 Å². The zero-order chi connectivity index (χ0) is 18.6. The third kappa shape index (κ3) is 6.01. The number of halogens is 1. The summed E-state index contributed by atoms with van der Waals surface area (Å²) in [6.45, 7) is 12.0. The first kappa shape index (κ1) is 23.0. The number of nitrogens with zero attached hydrogens (tertiary/aromatic N) is 3. The topological polar surface area (TPSA) is 42.9 Å². The molecule has 1 aromatic carbocycles. The number of nitrogens with one attached hydrogen (secondary N) is 2. The fraction of sp³-hybridized carbons (Fsp3) is 0.650. The quantitative estimate of drug-likeness (QED) is 0.392. The van der Waals surface area contributed by atoms with Gasteiger partial charge in [-0.2, -0.15) is 0 Å². The second kappa shape index (κ2) is 10.3. The first-order valence-electron chi connectivity index (χ1n) is 9.30. The van der Waals surface area contributed by atoms with E-state index in [1.165, 1.54) is 16.8 Å². The van der Waals surface area contributed by atoms with Gasteiger partial charge in [0.1, 0.15) is 0 Å². The van der Waals surface area contributed by atoms with E-state index in [9.17, 15) is 0 Å². The van der Waals surface area contributed by atoms with Crippen LogP contribution >= 0.6 is 24.0 Å². The Balaban J connectivity index is 0.00000338. The summed E-state index contributed by atoms with van der Waals surface area (Å²) >= 11 is 0. The summed E-state index contributed by atoms with van der Waals surface area (Å²) in [5, 5.41) is 7.10. The Kier molecular flexibility index (Phi) is 9.16. The van der Waals surface area contributed by atoms with Crippen molar-refractivity contribution in [3.63, 3.8) is 0 Å². The zero-order valence-corrected chi connectivity index (χ0v) is 19.7. The molecule has 6 heteroatoms. The Morgan fingerprint density at radius 3 is 2.54 bits per heavy atom. The van der Waals surface area contributed by atoms with Crippen molar-refractivity contribution in [2.75, 3.05) is 39.1 Å². The lowest BCUT2D eigenvalue weighted by atomic mass is 10.1. The molecule has 1 aliphatic heterocycles. The highest BCUT2D eigenvalue weighted by atomic mass is 127. The van der Waals surface area contributed by atoms with Crippen molar-refractivity contribution in [3.8, 4) is 0 Å². The van der Waals surface area contributed by atoms with E-state index in [4.69, 9.17) is 0 Å². The second-order valence-electron chi connectivity index (χ2n) is 7.73. The minimum atomic E-state index is 0. The number of guanidine groups is 1. The molecule has 0 saturated carbocycles. The molecular formula is C20H36IN5. The monoisotopic (exact) mass is 473 g/mol. The number of likely N-dealkylation sites (tertiary alicyclic amines) is 1. The van der Waals surface area contributed by atoms with Crippen LogP contribution in [0.5, 0.6) is 0 Å². The zero-order valence-electron chi connectivity index (χ0n) is 17.3. The van der Waals surface area contributed by atoms with Crippen molar-refractivity contribution >= 4 is 35.6 Å². The number of anilines is 1. The lowest BCUT2D eigenvalue weighted by Crippen LogP contribution is -2.46. The van der Waals surface area contributed by atoms with Gasteiger partial charge in [-0.05, 0) is 43.9 Å². The number of rotatable bonds is 5. The van der Waals surface area contributed by atoms with Crippen LogP contribution in [0.4, 0.5) is 5.69 Å². The summed E-state index contributed by atoms with van der Waals surface area (Å²) in [6.07, 6.45) is 0. The van der Waals surface area contributed by atoms with E-state index in [1.807, 2.05) is 7.05 Å². The third-order valence-corrected chi connectivity index (χ3v) is 5.09. The molecule has 2 N–H and O–H groups in total. The molecule has 148 valence electrons. The molecular weight excluding hydrogens is 437 g/mol. The molecule has 1 saturated heterocycles. The van der Waals surface area contributed by atoms with E-state index in [1.54, 1.807) is 0 Å². The van der Waals surface area contributed by atoms with Crippen LogP contribution in [0.15, 0.2) is 23.2 Å². The van der Waals surface area contributed by atoms with Crippen LogP contribution in [0.2, 0.25) is 0 Å². The van der Waals surface area contributed by atoms with Crippen molar-refractivity contribution < 1.29 is 0 Å². The summed E-state index contributed by atoms with van der Waals surface area (Å²) in [6, 6.07) is 7.63. The molecule has 2 unspecified atom stereocenters. The molecule has 0 aliphatic carbocycles. The van der Waals surface area contributed by atoms with Crippen LogP contribution in [-0.2, 0) is 6.54 Å². The summed E-state index contributed by atoms with van der Waals surface area (Å²) in [5.74, 6) is 1.50. The molecule has 0 aromatic heterocycles. The van der Waals surface area contributed by atoms with Crippen LogP contribution < -0.4 is 15.5 Å². The van der Waals surface area contributed by atoms with Gasteiger partial charge in [-0.25, -0.2) is 0 Å². The molecule has 1 aromatic rings. The molecule has 0 spiro atoms. The van der Waals surface area contributed by atoms with Crippen molar-refractivity contribution in [1.29, 1.82) is 0 Å². The normalized spacial score (nSPS) is 20.8. The Bertz CT molecular complexity index is 600. The lowest BCUT2D eigenvalue weighted by Gasteiger charge is -2.23. The average molecular weight is 473 g/mol. The Morgan fingerprint density at radius 2 is 2.00 bits per heavy atom. The third-order valence-electron chi connectivity index (χ3n) is 5.09. The van der Waals surface area contributed by atoms with E-state index in [2.05, 4.69) is 85.4 Å². The lowest BCUT2D eigenvalue weighted by molar-refractivity contribution is 0.265. The van der Waals surface area contributed by atoms with Crippen LogP contribution in [-0.4, -0.2) is 57.2 Å². The van der Waals surface area contributed by atoms with Gasteiger partial charge in [0.2, 0.25) is 0 Å². The fourth-order valence-electron chi connectivity index (χ4n) is 3.40. The number of benzene rings is 1. The number of hydrogen-bond donors (Lipinski definition) is 2. The van der Waals surface area contributed by atoms with Crippen LogP contribution in [0, 0.1) is 12.8 Å². The van der Waals surface area contributed by atoms with E-state index >= 15 is 0 Å². The van der Waals surface area contributed by atoms with E-state index in [0.29, 0.717) is 18.0 Å². The fourth-order valence-corrected chi connectivity index (χ4v) is 3.40. The molecule has 5 nitrogen and oxygen atoms in total. The van der Waals surface area contributed by atoms with Gasteiger partial charge in [-0.1, -0.05) is 19.1 Å².